The minimum absolute atomic E-state index is 0.115. The minimum Gasteiger partial charge on any atom is -0.495 e. The summed E-state index contributed by atoms with van der Waals surface area (Å²) in [7, 11) is 1.54. The molecule has 3 aromatic rings. The van der Waals surface area contributed by atoms with Gasteiger partial charge in [-0.15, -0.1) is 0 Å². The molecular formula is C24H21ClN4O3S. The number of nitrogens with one attached hydrogen (secondary N) is 1. The number of rotatable bonds is 7. The summed E-state index contributed by atoms with van der Waals surface area (Å²) in [5.41, 5.74) is 3.07. The smallest absolute Gasteiger partial charge is 0.278 e. The van der Waals surface area contributed by atoms with Crippen molar-refractivity contribution in [3.8, 4) is 5.75 Å². The number of hydrogen-bond donors (Lipinski definition) is 1. The normalized spacial score (nSPS) is 13.6. The molecule has 2 heterocycles. The molecule has 4 rings (SSSR count). The van der Waals surface area contributed by atoms with E-state index in [0.717, 1.165) is 28.7 Å². The lowest BCUT2D eigenvalue weighted by Crippen LogP contribution is -2.32. The largest absolute Gasteiger partial charge is 0.495 e. The molecule has 0 radical (unpaired) electrons. The van der Waals surface area contributed by atoms with Crippen LogP contribution >= 0.6 is 23.4 Å². The second-order valence-electron chi connectivity index (χ2n) is 7.39. The van der Waals surface area contributed by atoms with Crippen LogP contribution in [0.5, 0.6) is 5.75 Å². The zero-order valence-electron chi connectivity index (χ0n) is 18.3. The molecule has 7 nitrogen and oxygen atoms in total. The molecule has 0 bridgehead atoms. The lowest BCUT2D eigenvalue weighted by atomic mass is 10.2. The highest BCUT2D eigenvalue weighted by atomic mass is 35.5. The predicted octanol–water partition coefficient (Wildman–Crippen LogP) is 4.74. The van der Waals surface area contributed by atoms with Crippen molar-refractivity contribution in [2.75, 3.05) is 12.4 Å². The van der Waals surface area contributed by atoms with Crippen molar-refractivity contribution >= 4 is 40.9 Å². The van der Waals surface area contributed by atoms with Crippen LogP contribution in [0.15, 0.2) is 70.4 Å². The number of anilines is 1. The van der Waals surface area contributed by atoms with Gasteiger partial charge in [-0.05, 0) is 61.5 Å². The zero-order valence-corrected chi connectivity index (χ0v) is 19.8. The zero-order chi connectivity index (χ0) is 23.5. The van der Waals surface area contributed by atoms with E-state index in [9.17, 15) is 9.59 Å². The Balaban J connectivity index is 1.72. The molecule has 2 aromatic carbocycles. The Labute approximate surface area is 200 Å². The third-order valence-corrected chi connectivity index (χ3v) is 6.10. The quantitative estimate of drug-likeness (QED) is 0.386. The number of aryl methyl sites for hydroxylation is 2. The van der Waals surface area contributed by atoms with Gasteiger partial charge in [0, 0.05) is 16.4 Å². The molecule has 0 saturated heterocycles. The maximum absolute atomic E-state index is 13.4. The molecule has 33 heavy (non-hydrogen) atoms. The van der Waals surface area contributed by atoms with Crippen molar-refractivity contribution in [1.82, 2.24) is 14.9 Å². The Morgan fingerprint density at radius 3 is 2.33 bits per heavy atom. The number of ether oxygens (including phenoxy) is 1. The van der Waals surface area contributed by atoms with E-state index in [1.165, 1.54) is 4.90 Å². The van der Waals surface area contributed by atoms with Crippen molar-refractivity contribution < 1.29 is 14.3 Å². The summed E-state index contributed by atoms with van der Waals surface area (Å²) in [6.45, 7) is 3.83. The van der Waals surface area contributed by atoms with Crippen molar-refractivity contribution in [2.24, 2.45) is 0 Å². The van der Waals surface area contributed by atoms with E-state index in [1.807, 2.05) is 32.0 Å². The molecule has 0 unspecified atom stereocenters. The first-order chi connectivity index (χ1) is 15.9. The molecule has 1 aromatic heterocycles. The van der Waals surface area contributed by atoms with Gasteiger partial charge in [0.1, 0.15) is 16.4 Å². The van der Waals surface area contributed by atoms with Crippen LogP contribution in [0.4, 0.5) is 5.69 Å². The topological polar surface area (TPSA) is 84.4 Å². The van der Waals surface area contributed by atoms with E-state index < -0.39 is 11.8 Å². The molecule has 9 heteroatoms. The number of imide groups is 1. The van der Waals surface area contributed by atoms with Crippen molar-refractivity contribution in [3.05, 3.63) is 87.2 Å². The minimum atomic E-state index is -0.437. The van der Waals surface area contributed by atoms with Crippen molar-refractivity contribution in [3.63, 3.8) is 0 Å². The Morgan fingerprint density at radius 2 is 1.67 bits per heavy atom. The molecule has 2 amide bonds. The maximum atomic E-state index is 13.4. The number of nitrogens with zero attached hydrogens (tertiary/aromatic N) is 3. The van der Waals surface area contributed by atoms with Crippen LogP contribution in [0.25, 0.3) is 0 Å². The van der Waals surface area contributed by atoms with Gasteiger partial charge in [0.05, 0.1) is 19.3 Å². The average molecular weight is 481 g/mol. The monoisotopic (exact) mass is 480 g/mol. The lowest BCUT2D eigenvalue weighted by molar-refractivity contribution is -0.137. The van der Waals surface area contributed by atoms with Gasteiger partial charge in [0.25, 0.3) is 11.8 Å². The van der Waals surface area contributed by atoms with E-state index in [1.54, 1.807) is 43.5 Å². The van der Waals surface area contributed by atoms with E-state index in [2.05, 4.69) is 15.3 Å². The summed E-state index contributed by atoms with van der Waals surface area (Å²) in [6.07, 6.45) is 0. The summed E-state index contributed by atoms with van der Waals surface area (Å²) in [6, 6.07) is 16.1. The number of carbonyl (C=O) groups excluding carboxylic acids is 2. The van der Waals surface area contributed by atoms with Crippen molar-refractivity contribution in [1.29, 1.82) is 0 Å². The van der Waals surface area contributed by atoms with Crippen LogP contribution in [0.2, 0.25) is 5.02 Å². The molecule has 0 aliphatic carbocycles. The van der Waals surface area contributed by atoms with Gasteiger partial charge >= 0.3 is 0 Å². The number of hydrogen-bond acceptors (Lipinski definition) is 7. The predicted molar refractivity (Wildman–Crippen MR) is 128 cm³/mol. The molecule has 168 valence electrons. The SMILES string of the molecule is COc1ccccc1NC1=C(Sc2nc(C)cc(C)n2)C(=O)N(Cc2ccc(Cl)cc2)C1=O. The van der Waals surface area contributed by atoms with E-state index in [4.69, 9.17) is 16.3 Å². The lowest BCUT2D eigenvalue weighted by Gasteiger charge is -2.16. The number of amides is 2. The fourth-order valence-electron chi connectivity index (χ4n) is 3.39. The Morgan fingerprint density at radius 1 is 1.00 bits per heavy atom. The third kappa shape index (κ3) is 5.02. The van der Waals surface area contributed by atoms with Gasteiger partial charge < -0.3 is 10.1 Å². The number of benzene rings is 2. The first-order valence-corrected chi connectivity index (χ1v) is 11.3. The highest BCUT2D eigenvalue weighted by Crippen LogP contribution is 2.36. The first kappa shape index (κ1) is 22.8. The fourth-order valence-corrected chi connectivity index (χ4v) is 4.51. The van der Waals surface area contributed by atoms with Crippen LogP contribution in [0.3, 0.4) is 0 Å². The van der Waals surface area contributed by atoms with Gasteiger partial charge in [0.15, 0.2) is 5.16 Å². The van der Waals surface area contributed by atoms with Gasteiger partial charge in [-0.2, -0.15) is 0 Å². The highest BCUT2D eigenvalue weighted by Gasteiger charge is 2.40. The molecule has 1 aliphatic heterocycles. The first-order valence-electron chi connectivity index (χ1n) is 10.1. The van der Waals surface area contributed by atoms with E-state index >= 15 is 0 Å². The molecule has 0 atom stereocenters. The number of methoxy groups -OCH3 is 1. The molecule has 0 fully saturated rings. The highest BCUT2D eigenvalue weighted by molar-refractivity contribution is 8.04. The summed E-state index contributed by atoms with van der Waals surface area (Å²) in [5, 5.41) is 4.09. The summed E-state index contributed by atoms with van der Waals surface area (Å²) >= 11 is 7.04. The van der Waals surface area contributed by atoms with E-state index in [0.29, 0.717) is 21.6 Å². The average Bonchev–Trinajstić information content (AvgIpc) is 2.99. The number of aromatic nitrogens is 2. The van der Waals surface area contributed by atoms with Crippen molar-refractivity contribution in [2.45, 2.75) is 25.5 Å². The Bertz CT molecular complexity index is 1240. The third-order valence-electron chi connectivity index (χ3n) is 4.90. The van der Waals surface area contributed by atoms with Gasteiger partial charge in [0.2, 0.25) is 0 Å². The second kappa shape index (κ2) is 9.64. The number of thioether (sulfide) groups is 1. The number of halogens is 1. The molecular weight excluding hydrogens is 460 g/mol. The van der Waals surface area contributed by atoms with Gasteiger partial charge in [-0.3, -0.25) is 14.5 Å². The van der Waals surface area contributed by atoms with Crippen LogP contribution in [0.1, 0.15) is 17.0 Å². The molecule has 0 saturated carbocycles. The molecule has 0 spiro atoms. The van der Waals surface area contributed by atoms with Crippen LogP contribution in [-0.2, 0) is 16.1 Å². The summed E-state index contributed by atoms with van der Waals surface area (Å²) in [5.74, 6) is -0.304. The molecule has 1 N–H and O–H groups in total. The van der Waals surface area contributed by atoms with E-state index in [-0.39, 0.29) is 17.1 Å². The van der Waals surface area contributed by atoms with Crippen LogP contribution < -0.4 is 10.1 Å². The standard InChI is InChI=1S/C24H21ClN4O3S/c1-14-12-15(2)27-24(26-14)33-21-20(28-18-6-4-5-7-19(18)32-3)22(30)29(23(21)31)13-16-8-10-17(25)11-9-16/h4-12,28H,13H2,1-3H3. The molecule has 1 aliphatic rings. The fraction of sp³-hybridized carbons (Fsp3) is 0.167. The summed E-state index contributed by atoms with van der Waals surface area (Å²) < 4.78 is 5.40. The second-order valence-corrected chi connectivity index (χ2v) is 8.80. The maximum Gasteiger partial charge on any atom is 0.278 e. The Kier molecular flexibility index (Phi) is 6.67. The van der Waals surface area contributed by atoms with Crippen LogP contribution in [0, 0.1) is 13.8 Å². The number of para-hydroxylation sites is 2. The Hall–Kier alpha value is -3.36. The van der Waals surface area contributed by atoms with Crippen LogP contribution in [-0.4, -0.2) is 33.8 Å². The van der Waals surface area contributed by atoms with Gasteiger partial charge in [-0.1, -0.05) is 35.9 Å². The summed E-state index contributed by atoms with van der Waals surface area (Å²) in [4.78, 5) is 37.0. The number of carbonyl (C=O) groups is 2. The van der Waals surface area contributed by atoms with Gasteiger partial charge in [-0.25, -0.2) is 9.97 Å².